The summed E-state index contributed by atoms with van der Waals surface area (Å²) in [5, 5.41) is 11.8. The topological polar surface area (TPSA) is 75.9 Å². The van der Waals surface area contributed by atoms with E-state index in [9.17, 15) is 0 Å². The van der Waals surface area contributed by atoms with Crippen molar-refractivity contribution in [3.63, 3.8) is 0 Å². The van der Waals surface area contributed by atoms with Gasteiger partial charge < -0.3 is 15.2 Å². The van der Waals surface area contributed by atoms with Gasteiger partial charge in [0.25, 0.3) is 5.71 Å². The van der Waals surface area contributed by atoms with Crippen LogP contribution in [0.1, 0.15) is 25.5 Å². The van der Waals surface area contributed by atoms with Crippen molar-refractivity contribution in [1.29, 1.82) is 0 Å². The highest BCUT2D eigenvalue weighted by atomic mass is 16.5. The lowest BCUT2D eigenvalue weighted by atomic mass is 9.93. The summed E-state index contributed by atoms with van der Waals surface area (Å²) >= 11 is 0. The summed E-state index contributed by atoms with van der Waals surface area (Å²) in [4.78, 5) is 8.42. The molecule has 0 bridgehead atoms. The maximum atomic E-state index is 5.16. The number of hydrogen-bond donors (Lipinski definition) is 2. The molecule has 0 aromatic carbocycles. The van der Waals surface area contributed by atoms with Crippen LogP contribution in [0.3, 0.4) is 0 Å². The molecule has 19 heavy (non-hydrogen) atoms. The zero-order chi connectivity index (χ0) is 13.2. The first-order chi connectivity index (χ1) is 9.25. The summed E-state index contributed by atoms with van der Waals surface area (Å²) in [6.45, 7) is 6.30. The first-order valence-electron chi connectivity index (χ1n) is 6.80. The van der Waals surface area contributed by atoms with E-state index in [0.29, 0.717) is 17.7 Å². The fourth-order valence-electron chi connectivity index (χ4n) is 2.67. The van der Waals surface area contributed by atoms with Gasteiger partial charge in [-0.3, -0.25) is 0 Å². The highest BCUT2D eigenvalue weighted by molar-refractivity contribution is 5.87. The standard InChI is InChI=1S/C13H19N5O/c1-8(10-4-3-5-14-6-10)17-12-11-9(2)18-19-13(11)16-7-15-12/h7-8,10,14H,3-6H2,1-2H3,(H,15,16,17). The van der Waals surface area contributed by atoms with Gasteiger partial charge in [0.1, 0.15) is 17.5 Å². The summed E-state index contributed by atoms with van der Waals surface area (Å²) in [6.07, 6.45) is 4.00. The summed E-state index contributed by atoms with van der Waals surface area (Å²) in [7, 11) is 0. The Morgan fingerprint density at radius 2 is 2.37 bits per heavy atom. The van der Waals surface area contributed by atoms with Gasteiger partial charge in [-0.15, -0.1) is 0 Å². The molecule has 2 aromatic rings. The quantitative estimate of drug-likeness (QED) is 0.876. The molecule has 102 valence electrons. The van der Waals surface area contributed by atoms with Crippen LogP contribution in [0, 0.1) is 12.8 Å². The second-order valence-electron chi connectivity index (χ2n) is 5.21. The molecule has 2 aromatic heterocycles. The number of rotatable bonds is 3. The van der Waals surface area contributed by atoms with E-state index < -0.39 is 0 Å². The molecule has 2 unspecified atom stereocenters. The van der Waals surface area contributed by atoms with Gasteiger partial charge in [-0.25, -0.2) is 4.98 Å². The largest absolute Gasteiger partial charge is 0.367 e. The van der Waals surface area contributed by atoms with Crippen molar-refractivity contribution in [2.45, 2.75) is 32.7 Å². The van der Waals surface area contributed by atoms with Crippen LogP contribution in [0.15, 0.2) is 10.9 Å². The molecule has 1 aliphatic rings. The van der Waals surface area contributed by atoms with E-state index >= 15 is 0 Å². The predicted molar refractivity (Wildman–Crippen MR) is 73.0 cm³/mol. The fraction of sp³-hybridized carbons (Fsp3) is 0.615. The Morgan fingerprint density at radius 3 is 3.16 bits per heavy atom. The predicted octanol–water partition coefficient (Wildman–Crippen LogP) is 1.73. The molecule has 6 nitrogen and oxygen atoms in total. The molecule has 0 radical (unpaired) electrons. The number of nitrogens with zero attached hydrogens (tertiary/aromatic N) is 3. The second-order valence-corrected chi connectivity index (χ2v) is 5.21. The van der Waals surface area contributed by atoms with Crippen molar-refractivity contribution < 1.29 is 4.52 Å². The second kappa shape index (κ2) is 5.13. The van der Waals surface area contributed by atoms with E-state index in [1.165, 1.54) is 19.2 Å². The monoisotopic (exact) mass is 261 g/mol. The van der Waals surface area contributed by atoms with Gasteiger partial charge in [-0.1, -0.05) is 5.16 Å². The lowest BCUT2D eigenvalue weighted by Gasteiger charge is -2.29. The van der Waals surface area contributed by atoms with Gasteiger partial charge in [0.05, 0.1) is 5.69 Å². The highest BCUT2D eigenvalue weighted by Gasteiger charge is 2.21. The van der Waals surface area contributed by atoms with Gasteiger partial charge in [0.15, 0.2) is 0 Å². The summed E-state index contributed by atoms with van der Waals surface area (Å²) < 4.78 is 5.16. The smallest absolute Gasteiger partial charge is 0.263 e. The molecule has 3 heterocycles. The molecule has 3 rings (SSSR count). The number of aromatic nitrogens is 3. The van der Waals surface area contributed by atoms with Crippen LogP contribution < -0.4 is 10.6 Å². The minimum absolute atomic E-state index is 0.361. The maximum absolute atomic E-state index is 5.16. The molecule has 6 heteroatoms. The zero-order valence-electron chi connectivity index (χ0n) is 11.3. The third-order valence-corrected chi connectivity index (χ3v) is 3.85. The number of nitrogens with one attached hydrogen (secondary N) is 2. The summed E-state index contributed by atoms with van der Waals surface area (Å²) in [5.74, 6) is 1.45. The number of anilines is 1. The lowest BCUT2D eigenvalue weighted by molar-refractivity contribution is 0.347. The third kappa shape index (κ3) is 2.40. The molecule has 1 fully saturated rings. The molecule has 2 atom stereocenters. The fourth-order valence-corrected chi connectivity index (χ4v) is 2.67. The Morgan fingerprint density at radius 1 is 1.47 bits per heavy atom. The van der Waals surface area contributed by atoms with Crippen molar-refractivity contribution >= 4 is 16.9 Å². The maximum Gasteiger partial charge on any atom is 0.263 e. The number of hydrogen-bond acceptors (Lipinski definition) is 6. The molecule has 1 aliphatic heterocycles. The Balaban J connectivity index is 1.82. The van der Waals surface area contributed by atoms with Gasteiger partial charge in [0, 0.05) is 6.04 Å². The minimum atomic E-state index is 0.361. The molecule has 2 N–H and O–H groups in total. The molecule has 1 saturated heterocycles. The number of fused-ring (bicyclic) bond motifs is 1. The van der Waals surface area contributed by atoms with Crippen LogP contribution in [-0.2, 0) is 0 Å². The summed E-state index contributed by atoms with van der Waals surface area (Å²) in [6, 6.07) is 0.361. The minimum Gasteiger partial charge on any atom is -0.367 e. The lowest BCUT2D eigenvalue weighted by Crippen LogP contribution is -2.39. The van der Waals surface area contributed by atoms with Crippen LogP contribution >= 0.6 is 0 Å². The van der Waals surface area contributed by atoms with Crippen molar-refractivity contribution in [2.24, 2.45) is 5.92 Å². The van der Waals surface area contributed by atoms with E-state index in [4.69, 9.17) is 4.52 Å². The Labute approximate surface area is 112 Å². The summed E-state index contributed by atoms with van der Waals surface area (Å²) in [5.41, 5.74) is 1.37. The van der Waals surface area contributed by atoms with Gasteiger partial charge in [-0.2, -0.15) is 4.98 Å². The van der Waals surface area contributed by atoms with Crippen LogP contribution in [0.5, 0.6) is 0 Å². The van der Waals surface area contributed by atoms with Crippen molar-refractivity contribution in [1.82, 2.24) is 20.4 Å². The first kappa shape index (κ1) is 12.3. The average Bonchev–Trinajstić information content (AvgIpc) is 2.83. The normalized spacial score (nSPS) is 21.5. The van der Waals surface area contributed by atoms with E-state index in [2.05, 4.69) is 32.7 Å². The van der Waals surface area contributed by atoms with Gasteiger partial charge >= 0.3 is 0 Å². The molecule has 0 spiro atoms. The first-order valence-corrected chi connectivity index (χ1v) is 6.80. The van der Waals surface area contributed by atoms with Crippen LogP contribution in [0.2, 0.25) is 0 Å². The van der Waals surface area contributed by atoms with Crippen molar-refractivity contribution in [2.75, 3.05) is 18.4 Å². The van der Waals surface area contributed by atoms with Crippen molar-refractivity contribution in [3.05, 3.63) is 12.0 Å². The van der Waals surface area contributed by atoms with E-state index in [1.54, 1.807) is 0 Å². The Bertz CT molecular complexity index is 561. The molecule has 0 saturated carbocycles. The van der Waals surface area contributed by atoms with E-state index in [1.807, 2.05) is 6.92 Å². The average molecular weight is 261 g/mol. The van der Waals surface area contributed by atoms with E-state index in [-0.39, 0.29) is 0 Å². The number of aryl methyl sites for hydroxylation is 1. The molecular weight excluding hydrogens is 242 g/mol. The zero-order valence-corrected chi connectivity index (χ0v) is 11.3. The SMILES string of the molecule is Cc1noc2ncnc(NC(C)C3CCCNC3)c12. The van der Waals surface area contributed by atoms with Gasteiger partial charge in [-0.05, 0) is 45.7 Å². The van der Waals surface area contributed by atoms with Crippen LogP contribution in [0.25, 0.3) is 11.1 Å². The Hall–Kier alpha value is -1.69. The van der Waals surface area contributed by atoms with Crippen molar-refractivity contribution in [3.8, 4) is 0 Å². The van der Waals surface area contributed by atoms with E-state index in [0.717, 1.165) is 30.0 Å². The highest BCUT2D eigenvalue weighted by Crippen LogP contribution is 2.25. The molecule has 0 aliphatic carbocycles. The van der Waals surface area contributed by atoms with Gasteiger partial charge in [0.2, 0.25) is 0 Å². The van der Waals surface area contributed by atoms with Crippen LogP contribution in [0.4, 0.5) is 5.82 Å². The number of piperidine rings is 1. The molecular formula is C13H19N5O. The van der Waals surface area contributed by atoms with Crippen LogP contribution in [-0.4, -0.2) is 34.3 Å². The Kier molecular flexibility index (Phi) is 3.33. The molecule has 0 amide bonds. The third-order valence-electron chi connectivity index (χ3n) is 3.85.